The lowest BCUT2D eigenvalue weighted by atomic mass is 9.83. The minimum atomic E-state index is -0.621. The fourth-order valence-corrected chi connectivity index (χ4v) is 2.53. The van der Waals surface area contributed by atoms with Gasteiger partial charge in [-0.25, -0.2) is 0 Å². The van der Waals surface area contributed by atoms with E-state index >= 15 is 0 Å². The molecule has 2 N–H and O–H groups in total. The molecule has 1 heterocycles. The van der Waals surface area contributed by atoms with Crippen LogP contribution in [-0.4, -0.2) is 9.97 Å². The number of fused-ring (bicyclic) bond motifs is 1. The zero-order chi connectivity index (χ0) is 14.2. The molecule has 5 heteroatoms. The van der Waals surface area contributed by atoms with E-state index in [1.165, 1.54) is 0 Å². The second kappa shape index (κ2) is 4.96. The lowest BCUT2D eigenvalue weighted by Crippen LogP contribution is -2.29. The molecule has 0 saturated heterocycles. The molecule has 0 fully saturated rings. The van der Waals surface area contributed by atoms with Gasteiger partial charge >= 0.3 is 11.1 Å². The van der Waals surface area contributed by atoms with Gasteiger partial charge in [0, 0.05) is 4.83 Å². The SMILES string of the molecule is CCC(C)(C)C(Br)c1ccc2[nH]c(=O)c(=O)[nH]c2c1. The standard InChI is InChI=1S/C14H17BrN2O2/c1-4-14(2,3)11(15)8-5-6-9-10(7-8)17-13(19)12(18)16-9/h5-7,11H,4H2,1-3H3,(H,16,18)(H,17,19). The van der Waals surface area contributed by atoms with E-state index in [1.54, 1.807) is 0 Å². The van der Waals surface area contributed by atoms with Crippen molar-refractivity contribution in [2.24, 2.45) is 5.41 Å². The van der Waals surface area contributed by atoms with Crippen molar-refractivity contribution < 1.29 is 0 Å². The van der Waals surface area contributed by atoms with Crippen molar-refractivity contribution in [3.63, 3.8) is 0 Å². The van der Waals surface area contributed by atoms with Crippen LogP contribution in [0.4, 0.5) is 0 Å². The summed E-state index contributed by atoms with van der Waals surface area (Å²) in [5.74, 6) is 0. The number of benzene rings is 1. The first-order valence-corrected chi connectivity index (χ1v) is 7.17. The predicted molar refractivity (Wildman–Crippen MR) is 80.9 cm³/mol. The van der Waals surface area contributed by atoms with Crippen LogP contribution in [0.3, 0.4) is 0 Å². The molecule has 0 amide bonds. The van der Waals surface area contributed by atoms with Crippen LogP contribution in [-0.2, 0) is 0 Å². The molecule has 1 aromatic carbocycles. The number of halogens is 1. The molecule has 0 spiro atoms. The van der Waals surface area contributed by atoms with Crippen molar-refractivity contribution in [1.82, 2.24) is 9.97 Å². The van der Waals surface area contributed by atoms with E-state index in [9.17, 15) is 9.59 Å². The molecule has 19 heavy (non-hydrogen) atoms. The van der Waals surface area contributed by atoms with E-state index < -0.39 is 11.1 Å². The number of H-pyrrole nitrogens is 2. The fourth-order valence-electron chi connectivity index (χ4n) is 1.92. The summed E-state index contributed by atoms with van der Waals surface area (Å²) in [7, 11) is 0. The Bertz CT molecular complexity index is 715. The molecule has 2 aromatic rings. The Labute approximate surface area is 119 Å². The Balaban J connectivity index is 2.56. The summed E-state index contributed by atoms with van der Waals surface area (Å²) in [5, 5.41) is 0. The third-order valence-electron chi connectivity index (χ3n) is 3.64. The van der Waals surface area contributed by atoms with Crippen LogP contribution < -0.4 is 11.1 Å². The first-order valence-electron chi connectivity index (χ1n) is 6.25. The number of aromatic amines is 2. The van der Waals surface area contributed by atoms with Gasteiger partial charge in [0.15, 0.2) is 0 Å². The van der Waals surface area contributed by atoms with Gasteiger partial charge in [-0.05, 0) is 29.5 Å². The molecule has 1 aromatic heterocycles. The molecule has 1 unspecified atom stereocenters. The van der Waals surface area contributed by atoms with Gasteiger partial charge in [0.05, 0.1) is 11.0 Å². The molecule has 0 aliphatic heterocycles. The number of rotatable bonds is 3. The number of aromatic nitrogens is 2. The lowest BCUT2D eigenvalue weighted by molar-refractivity contribution is 0.346. The Hall–Kier alpha value is -1.36. The molecule has 4 nitrogen and oxygen atoms in total. The molecule has 0 aliphatic carbocycles. The van der Waals surface area contributed by atoms with Crippen molar-refractivity contribution >= 4 is 27.0 Å². The van der Waals surface area contributed by atoms with Gasteiger partial charge in [-0.15, -0.1) is 0 Å². The summed E-state index contributed by atoms with van der Waals surface area (Å²) in [4.78, 5) is 28.0. The van der Waals surface area contributed by atoms with Crippen LogP contribution in [0.25, 0.3) is 11.0 Å². The minimum Gasteiger partial charge on any atom is -0.316 e. The summed E-state index contributed by atoms with van der Waals surface area (Å²) >= 11 is 3.72. The number of alkyl halides is 1. The average Bonchev–Trinajstić information content (AvgIpc) is 2.38. The van der Waals surface area contributed by atoms with Gasteiger partial charge in [-0.3, -0.25) is 9.59 Å². The van der Waals surface area contributed by atoms with Gasteiger partial charge in [0.2, 0.25) is 0 Å². The molecule has 0 aliphatic rings. The second-order valence-electron chi connectivity index (χ2n) is 5.42. The van der Waals surface area contributed by atoms with Crippen molar-refractivity contribution in [3.05, 3.63) is 44.5 Å². The van der Waals surface area contributed by atoms with E-state index in [0.717, 1.165) is 12.0 Å². The van der Waals surface area contributed by atoms with E-state index in [0.29, 0.717) is 11.0 Å². The highest BCUT2D eigenvalue weighted by Gasteiger charge is 2.26. The summed E-state index contributed by atoms with van der Waals surface area (Å²) in [5.41, 5.74) is 1.24. The Morgan fingerprint density at radius 3 is 2.32 bits per heavy atom. The molecule has 0 saturated carbocycles. The van der Waals surface area contributed by atoms with Crippen molar-refractivity contribution in [3.8, 4) is 0 Å². The Morgan fingerprint density at radius 2 is 1.74 bits per heavy atom. The summed E-state index contributed by atoms with van der Waals surface area (Å²) in [6.45, 7) is 6.52. The minimum absolute atomic E-state index is 0.107. The average molecular weight is 325 g/mol. The van der Waals surface area contributed by atoms with Crippen LogP contribution >= 0.6 is 15.9 Å². The second-order valence-corrected chi connectivity index (χ2v) is 6.33. The van der Waals surface area contributed by atoms with E-state index in [4.69, 9.17) is 0 Å². The van der Waals surface area contributed by atoms with Gasteiger partial charge in [-0.1, -0.05) is 42.8 Å². The number of hydrogen-bond donors (Lipinski definition) is 2. The first-order chi connectivity index (χ1) is 8.85. The lowest BCUT2D eigenvalue weighted by Gasteiger charge is -2.29. The van der Waals surface area contributed by atoms with Crippen LogP contribution in [0.2, 0.25) is 0 Å². The zero-order valence-corrected chi connectivity index (χ0v) is 12.8. The van der Waals surface area contributed by atoms with Crippen LogP contribution in [0.1, 0.15) is 37.6 Å². The number of hydrogen-bond acceptors (Lipinski definition) is 2. The normalized spacial score (nSPS) is 13.7. The van der Waals surface area contributed by atoms with Gasteiger partial charge in [0.1, 0.15) is 0 Å². The topological polar surface area (TPSA) is 65.7 Å². The highest BCUT2D eigenvalue weighted by molar-refractivity contribution is 9.09. The fraction of sp³-hybridized carbons (Fsp3) is 0.429. The predicted octanol–water partition coefficient (Wildman–Crippen LogP) is 3.09. The quantitative estimate of drug-likeness (QED) is 0.673. The number of nitrogens with one attached hydrogen (secondary N) is 2. The monoisotopic (exact) mass is 324 g/mol. The van der Waals surface area contributed by atoms with Crippen LogP contribution in [0, 0.1) is 5.41 Å². The molecule has 0 radical (unpaired) electrons. The third kappa shape index (κ3) is 2.66. The van der Waals surface area contributed by atoms with Crippen LogP contribution in [0.5, 0.6) is 0 Å². The maximum absolute atomic E-state index is 11.4. The van der Waals surface area contributed by atoms with Crippen molar-refractivity contribution in [1.29, 1.82) is 0 Å². The van der Waals surface area contributed by atoms with Crippen molar-refractivity contribution in [2.75, 3.05) is 0 Å². The Morgan fingerprint density at radius 1 is 1.16 bits per heavy atom. The Kier molecular flexibility index (Phi) is 3.67. The van der Waals surface area contributed by atoms with Crippen LogP contribution in [0.15, 0.2) is 27.8 Å². The largest absolute Gasteiger partial charge is 0.316 e. The summed E-state index contributed by atoms with van der Waals surface area (Å²) in [6, 6.07) is 5.69. The van der Waals surface area contributed by atoms with E-state index in [1.807, 2.05) is 18.2 Å². The molecular formula is C14H17BrN2O2. The van der Waals surface area contributed by atoms with Crippen molar-refractivity contribution in [2.45, 2.75) is 32.0 Å². The van der Waals surface area contributed by atoms with Gasteiger partial charge in [0.25, 0.3) is 0 Å². The molecule has 2 rings (SSSR count). The zero-order valence-electron chi connectivity index (χ0n) is 11.2. The summed E-state index contributed by atoms with van der Waals surface area (Å²) in [6.07, 6.45) is 1.03. The maximum Gasteiger partial charge on any atom is 0.314 e. The van der Waals surface area contributed by atoms with E-state index in [-0.39, 0.29) is 10.2 Å². The molecule has 0 bridgehead atoms. The molecule has 102 valence electrons. The van der Waals surface area contributed by atoms with Gasteiger partial charge < -0.3 is 9.97 Å². The first kappa shape index (κ1) is 14.1. The van der Waals surface area contributed by atoms with Gasteiger partial charge in [-0.2, -0.15) is 0 Å². The van der Waals surface area contributed by atoms with E-state index in [2.05, 4.69) is 46.7 Å². The summed E-state index contributed by atoms with van der Waals surface area (Å²) < 4.78 is 0. The smallest absolute Gasteiger partial charge is 0.314 e. The third-order valence-corrected chi connectivity index (χ3v) is 5.40. The highest BCUT2D eigenvalue weighted by atomic mass is 79.9. The molecular weight excluding hydrogens is 308 g/mol. The highest BCUT2D eigenvalue weighted by Crippen LogP contribution is 2.43. The maximum atomic E-state index is 11.4. The molecule has 1 atom stereocenters.